The molecule has 0 aromatic carbocycles. The van der Waals surface area contributed by atoms with Crippen molar-refractivity contribution >= 4 is 27.2 Å². The lowest BCUT2D eigenvalue weighted by Crippen LogP contribution is -2.17. The molecule has 120 valence electrons. The molecule has 0 saturated heterocycles. The van der Waals surface area contributed by atoms with Gasteiger partial charge in [-0.25, -0.2) is 4.98 Å². The molecule has 0 saturated carbocycles. The second kappa shape index (κ2) is 6.71. The van der Waals surface area contributed by atoms with Gasteiger partial charge in [-0.05, 0) is 31.5 Å². The summed E-state index contributed by atoms with van der Waals surface area (Å²) >= 11 is 1.49. The largest absolute Gasteiger partial charge is 0.467 e. The van der Waals surface area contributed by atoms with Crippen LogP contribution >= 0.6 is 11.3 Å². The molecule has 1 atom stereocenters. The summed E-state index contributed by atoms with van der Waals surface area (Å²) in [6.07, 6.45) is 2.21. The van der Waals surface area contributed by atoms with Crippen molar-refractivity contribution in [2.75, 3.05) is 5.32 Å². The summed E-state index contributed by atoms with van der Waals surface area (Å²) in [6.45, 7) is 2.38. The van der Waals surface area contributed by atoms with Gasteiger partial charge in [0.15, 0.2) is 0 Å². The number of thiophene rings is 1. The highest BCUT2D eigenvalue weighted by molar-refractivity contribution is 7.20. The van der Waals surface area contributed by atoms with Gasteiger partial charge in [0.1, 0.15) is 29.1 Å². The molecule has 0 spiro atoms. The highest BCUT2D eigenvalue weighted by Gasteiger charge is 2.18. The maximum atomic E-state index is 9.51. The van der Waals surface area contributed by atoms with Crippen molar-refractivity contribution in [1.82, 2.24) is 4.98 Å². The first-order valence-corrected chi connectivity index (χ1v) is 8.22. The first kappa shape index (κ1) is 16.0. The fourth-order valence-corrected chi connectivity index (χ4v) is 3.77. The van der Waals surface area contributed by atoms with Crippen LogP contribution in [0.15, 0.2) is 28.9 Å². The molecule has 0 aliphatic rings. The van der Waals surface area contributed by atoms with Crippen LogP contribution in [0.5, 0.6) is 0 Å². The average Bonchev–Trinajstić information content (AvgIpc) is 3.18. The number of nitrogens with one attached hydrogen (secondary N) is 1. The van der Waals surface area contributed by atoms with Crippen LogP contribution in [0.4, 0.5) is 5.69 Å². The Bertz CT molecular complexity index is 944. The van der Waals surface area contributed by atoms with Crippen molar-refractivity contribution in [2.24, 2.45) is 5.73 Å². The zero-order valence-electron chi connectivity index (χ0n) is 13.0. The van der Waals surface area contributed by atoms with E-state index in [0.29, 0.717) is 24.0 Å². The summed E-state index contributed by atoms with van der Waals surface area (Å²) in [7, 11) is 0. The third-order valence-electron chi connectivity index (χ3n) is 3.48. The Hall–Kier alpha value is -2.87. The average molecular weight is 337 g/mol. The van der Waals surface area contributed by atoms with Gasteiger partial charge in [-0.2, -0.15) is 10.5 Å². The van der Waals surface area contributed by atoms with E-state index in [9.17, 15) is 10.5 Å². The van der Waals surface area contributed by atoms with Crippen LogP contribution in [0.25, 0.3) is 10.2 Å². The van der Waals surface area contributed by atoms with E-state index in [1.807, 2.05) is 19.1 Å². The minimum Gasteiger partial charge on any atom is -0.467 e. The standard InChI is InChI=1S/C17H15N5OS/c1-10(20)5-15-13(8-19)16-17(24-15)14(6-11(7-18)22-16)21-9-12-3-2-4-23-12/h2-4,6,10H,5,9,20H2,1H3,(H,21,22)/t10-/m0/s1. The minimum atomic E-state index is -0.0554. The number of nitrogens with two attached hydrogens (primary N) is 1. The van der Waals surface area contributed by atoms with E-state index in [2.05, 4.69) is 22.4 Å². The van der Waals surface area contributed by atoms with E-state index >= 15 is 0 Å². The Morgan fingerprint density at radius 1 is 1.42 bits per heavy atom. The number of furan rings is 1. The predicted octanol–water partition coefficient (Wildman–Crippen LogP) is 3.13. The first-order chi connectivity index (χ1) is 11.6. The van der Waals surface area contributed by atoms with Gasteiger partial charge >= 0.3 is 0 Å². The minimum absolute atomic E-state index is 0.0554. The summed E-state index contributed by atoms with van der Waals surface area (Å²) in [6, 6.07) is 9.58. The van der Waals surface area contributed by atoms with E-state index in [4.69, 9.17) is 10.2 Å². The fraction of sp³-hybridized carbons (Fsp3) is 0.235. The van der Waals surface area contributed by atoms with E-state index in [-0.39, 0.29) is 11.7 Å². The monoisotopic (exact) mass is 337 g/mol. The van der Waals surface area contributed by atoms with Gasteiger partial charge in [0.2, 0.25) is 0 Å². The molecule has 0 aliphatic carbocycles. The van der Waals surface area contributed by atoms with Crippen molar-refractivity contribution in [1.29, 1.82) is 10.5 Å². The topological polar surface area (TPSA) is 112 Å². The molecule has 7 heteroatoms. The summed E-state index contributed by atoms with van der Waals surface area (Å²) < 4.78 is 6.17. The Kier molecular flexibility index (Phi) is 4.48. The van der Waals surface area contributed by atoms with Gasteiger partial charge in [0.25, 0.3) is 0 Å². The Balaban J connectivity index is 2.08. The van der Waals surface area contributed by atoms with Crippen LogP contribution in [-0.4, -0.2) is 11.0 Å². The maximum Gasteiger partial charge on any atom is 0.143 e. The Labute approximate surface area is 143 Å². The number of aromatic nitrogens is 1. The van der Waals surface area contributed by atoms with Gasteiger partial charge in [-0.3, -0.25) is 0 Å². The van der Waals surface area contributed by atoms with Crippen molar-refractivity contribution in [2.45, 2.75) is 25.9 Å². The number of fused-ring (bicyclic) bond motifs is 1. The number of nitriles is 2. The van der Waals surface area contributed by atoms with Crippen LogP contribution in [0, 0.1) is 22.7 Å². The molecule has 0 radical (unpaired) electrons. The van der Waals surface area contributed by atoms with Gasteiger partial charge < -0.3 is 15.5 Å². The molecule has 0 amide bonds. The quantitative estimate of drug-likeness (QED) is 0.739. The van der Waals surface area contributed by atoms with Gasteiger partial charge in [-0.15, -0.1) is 11.3 Å². The second-order valence-electron chi connectivity index (χ2n) is 5.47. The molecule has 3 aromatic heterocycles. The molecule has 0 unspecified atom stereocenters. The number of hydrogen-bond acceptors (Lipinski definition) is 7. The number of hydrogen-bond donors (Lipinski definition) is 2. The first-order valence-electron chi connectivity index (χ1n) is 7.40. The molecule has 3 rings (SSSR count). The lowest BCUT2D eigenvalue weighted by atomic mass is 10.1. The molecule has 6 nitrogen and oxygen atoms in total. The number of pyridine rings is 1. The molecular weight excluding hydrogens is 322 g/mol. The molecule has 3 aromatic rings. The van der Waals surface area contributed by atoms with Crippen LogP contribution < -0.4 is 11.1 Å². The third-order valence-corrected chi connectivity index (χ3v) is 4.72. The van der Waals surface area contributed by atoms with E-state index in [1.165, 1.54) is 11.3 Å². The third kappa shape index (κ3) is 3.09. The van der Waals surface area contributed by atoms with E-state index in [0.717, 1.165) is 21.0 Å². The number of rotatable bonds is 5. The van der Waals surface area contributed by atoms with Crippen LogP contribution in [0.1, 0.15) is 28.8 Å². The summed E-state index contributed by atoms with van der Waals surface area (Å²) in [4.78, 5) is 5.22. The zero-order chi connectivity index (χ0) is 17.1. The molecule has 0 aliphatic heterocycles. The zero-order valence-corrected chi connectivity index (χ0v) is 13.9. The van der Waals surface area contributed by atoms with E-state index < -0.39 is 0 Å². The predicted molar refractivity (Wildman–Crippen MR) is 92.4 cm³/mol. The van der Waals surface area contributed by atoms with Crippen LogP contribution in [0.2, 0.25) is 0 Å². The maximum absolute atomic E-state index is 9.51. The van der Waals surface area contributed by atoms with Crippen LogP contribution in [-0.2, 0) is 13.0 Å². The molecule has 0 bridgehead atoms. The lowest BCUT2D eigenvalue weighted by Gasteiger charge is -2.06. The normalized spacial score (nSPS) is 11.8. The Morgan fingerprint density at radius 3 is 2.88 bits per heavy atom. The van der Waals surface area contributed by atoms with Crippen molar-refractivity contribution in [3.05, 3.63) is 46.4 Å². The highest BCUT2D eigenvalue weighted by atomic mass is 32.1. The smallest absolute Gasteiger partial charge is 0.143 e. The van der Waals surface area contributed by atoms with Gasteiger partial charge in [0.05, 0.1) is 28.8 Å². The van der Waals surface area contributed by atoms with Gasteiger partial charge in [0, 0.05) is 10.9 Å². The SMILES string of the molecule is C[C@H](N)Cc1sc2c(NCc3ccco3)cc(C#N)nc2c1C#N. The second-order valence-corrected chi connectivity index (χ2v) is 6.58. The number of anilines is 1. The molecule has 3 N–H and O–H groups in total. The lowest BCUT2D eigenvalue weighted by molar-refractivity contribution is 0.518. The summed E-state index contributed by atoms with van der Waals surface area (Å²) in [5.74, 6) is 0.784. The highest BCUT2D eigenvalue weighted by Crippen LogP contribution is 2.36. The van der Waals surface area contributed by atoms with Crippen molar-refractivity contribution < 1.29 is 4.42 Å². The summed E-state index contributed by atoms with van der Waals surface area (Å²) in [5, 5.41) is 22.0. The van der Waals surface area contributed by atoms with E-state index in [1.54, 1.807) is 12.3 Å². The number of nitrogens with zero attached hydrogens (tertiary/aromatic N) is 3. The molecule has 0 fully saturated rings. The summed E-state index contributed by atoms with van der Waals surface area (Å²) in [5.41, 5.74) is 7.98. The molecule has 24 heavy (non-hydrogen) atoms. The van der Waals surface area contributed by atoms with Gasteiger partial charge in [-0.1, -0.05) is 0 Å². The van der Waals surface area contributed by atoms with Crippen molar-refractivity contribution in [3.8, 4) is 12.1 Å². The molecule has 3 heterocycles. The Morgan fingerprint density at radius 2 is 2.25 bits per heavy atom. The fourth-order valence-electron chi connectivity index (χ4n) is 2.45. The van der Waals surface area contributed by atoms with Crippen molar-refractivity contribution in [3.63, 3.8) is 0 Å². The van der Waals surface area contributed by atoms with Crippen LogP contribution in [0.3, 0.4) is 0 Å². The molecular formula is C17H15N5OS.